The lowest BCUT2D eigenvalue weighted by atomic mass is 9.74. The van der Waals surface area contributed by atoms with Gasteiger partial charge >= 0.3 is 0 Å². The Morgan fingerprint density at radius 1 is 0.696 bits per heavy atom. The summed E-state index contributed by atoms with van der Waals surface area (Å²) in [6.07, 6.45) is 13.2. The summed E-state index contributed by atoms with van der Waals surface area (Å²) in [7, 11) is 0. The van der Waals surface area contributed by atoms with Gasteiger partial charge in [0, 0.05) is 54.1 Å². The van der Waals surface area contributed by atoms with Crippen LogP contribution in [0.15, 0.2) is 53.9 Å². The van der Waals surface area contributed by atoms with Crippen molar-refractivity contribution in [3.63, 3.8) is 0 Å². The molecule has 4 heteroatoms. The van der Waals surface area contributed by atoms with Crippen molar-refractivity contribution in [3.8, 4) is 0 Å². The van der Waals surface area contributed by atoms with Crippen LogP contribution < -0.4 is 0 Å². The highest BCUT2D eigenvalue weighted by Gasteiger charge is 2.39. The minimum atomic E-state index is -0.159. The molecule has 0 fully saturated rings. The molecular weight excluding hydrogens is 564 g/mol. The minimum absolute atomic E-state index is 0.00346. The van der Waals surface area contributed by atoms with E-state index in [0.29, 0.717) is 12.8 Å². The topological polar surface area (TPSA) is 40.6 Å². The molecule has 0 saturated carbocycles. The molecule has 1 aromatic rings. The van der Waals surface area contributed by atoms with Gasteiger partial charge in [0.2, 0.25) is 0 Å². The average Bonchev–Trinajstić information content (AvgIpc) is 2.87. The van der Waals surface area contributed by atoms with Crippen LogP contribution in [0.25, 0.3) is 6.08 Å². The number of rotatable bonds is 11. The number of nitrogens with zero attached hydrogens (tertiary/aromatic N) is 2. The maximum Gasteiger partial charge on any atom is 0.183 e. The van der Waals surface area contributed by atoms with Gasteiger partial charge < -0.3 is 9.80 Å². The van der Waals surface area contributed by atoms with Crippen LogP contribution in [0.4, 0.5) is 0 Å². The van der Waals surface area contributed by atoms with Gasteiger partial charge in [-0.1, -0.05) is 99.6 Å². The predicted octanol–water partition coefficient (Wildman–Crippen LogP) is 10.4. The Balaban J connectivity index is 1.68. The van der Waals surface area contributed by atoms with Gasteiger partial charge in [0.25, 0.3) is 0 Å². The Morgan fingerprint density at radius 3 is 1.59 bits per heavy atom. The second-order valence-corrected chi connectivity index (χ2v) is 19.2. The molecule has 0 saturated heterocycles. The van der Waals surface area contributed by atoms with Crippen molar-refractivity contribution >= 4 is 17.6 Å². The lowest BCUT2D eigenvalue weighted by Crippen LogP contribution is -2.47. The van der Waals surface area contributed by atoms with Crippen LogP contribution in [0.2, 0.25) is 0 Å². The van der Waals surface area contributed by atoms with E-state index < -0.39 is 0 Å². The molecule has 0 atom stereocenters. The maximum atomic E-state index is 13.6. The molecule has 256 valence electrons. The molecule has 0 amide bonds. The highest BCUT2D eigenvalue weighted by atomic mass is 16.1. The van der Waals surface area contributed by atoms with Crippen LogP contribution in [0.1, 0.15) is 140 Å². The molecule has 46 heavy (non-hydrogen) atoms. The van der Waals surface area contributed by atoms with Gasteiger partial charge in [0.15, 0.2) is 11.6 Å². The van der Waals surface area contributed by atoms with Gasteiger partial charge in [-0.3, -0.25) is 9.59 Å². The lowest BCUT2D eigenvalue weighted by Gasteiger charge is -2.47. The molecule has 0 aliphatic carbocycles. The summed E-state index contributed by atoms with van der Waals surface area (Å²) in [4.78, 5) is 31.9. The number of ketones is 2. The smallest absolute Gasteiger partial charge is 0.183 e. The zero-order valence-electron chi connectivity index (χ0n) is 32.0. The SMILES string of the molecule is CC(C)(C)CC(C)(C)N1C=C(C(=O)/C=C/c2ccc(CCC(=O)C3=CN(C(C)(C)CC(C)(C)C)CCC3(C)C)cc2)C(C)(C)CC1. The van der Waals surface area contributed by atoms with E-state index in [4.69, 9.17) is 0 Å². The van der Waals surface area contributed by atoms with Gasteiger partial charge in [0.05, 0.1) is 0 Å². The normalized spacial score (nSPS) is 19.3. The Morgan fingerprint density at radius 2 is 1.13 bits per heavy atom. The maximum absolute atomic E-state index is 13.6. The summed E-state index contributed by atoms with van der Waals surface area (Å²) >= 11 is 0. The van der Waals surface area contributed by atoms with Gasteiger partial charge in [-0.25, -0.2) is 0 Å². The molecule has 0 N–H and O–H groups in total. The third-order valence-electron chi connectivity index (χ3n) is 10.1. The van der Waals surface area contributed by atoms with Crippen molar-refractivity contribution in [2.45, 2.75) is 147 Å². The molecule has 3 rings (SSSR count). The van der Waals surface area contributed by atoms with E-state index in [1.54, 1.807) is 6.08 Å². The second-order valence-electron chi connectivity index (χ2n) is 19.2. The van der Waals surface area contributed by atoms with Crippen molar-refractivity contribution in [2.75, 3.05) is 13.1 Å². The number of carbonyl (C=O) groups excluding carboxylic acids is 2. The lowest BCUT2D eigenvalue weighted by molar-refractivity contribution is -0.117. The molecule has 2 heterocycles. The Hall–Kier alpha value is -2.62. The first-order valence-corrected chi connectivity index (χ1v) is 17.6. The standard InChI is InChI=1S/C42H66N2O2/c1-37(2,3)29-41(11,12)43-25-23-39(7,8)33(27-43)35(45)21-19-31-15-17-32(18-16-31)20-22-36(46)34-28-44(26-24-40(34,9)10)42(13,14)30-38(4,5)6/h15-19,21,27-28H,20,22-26,29-30H2,1-14H3/b21-19+. The van der Waals surface area contributed by atoms with Crippen molar-refractivity contribution in [1.29, 1.82) is 0 Å². The fourth-order valence-electron chi connectivity index (χ4n) is 7.91. The fourth-order valence-corrected chi connectivity index (χ4v) is 7.91. The highest BCUT2D eigenvalue weighted by molar-refractivity contribution is 6.07. The van der Waals surface area contributed by atoms with E-state index >= 15 is 0 Å². The first kappa shape index (κ1) is 37.8. The Bertz CT molecular complexity index is 1340. The van der Waals surface area contributed by atoms with Crippen molar-refractivity contribution in [2.24, 2.45) is 21.7 Å². The predicted molar refractivity (Wildman–Crippen MR) is 196 cm³/mol. The zero-order valence-corrected chi connectivity index (χ0v) is 32.0. The van der Waals surface area contributed by atoms with E-state index in [9.17, 15) is 9.59 Å². The number of carbonyl (C=O) groups is 2. The molecule has 0 spiro atoms. The van der Waals surface area contributed by atoms with Crippen molar-refractivity contribution in [1.82, 2.24) is 9.80 Å². The first-order chi connectivity index (χ1) is 20.8. The number of aryl methyl sites for hydroxylation is 1. The Labute approximate surface area is 282 Å². The van der Waals surface area contributed by atoms with E-state index in [2.05, 4.69) is 143 Å². The molecule has 0 unspecified atom stereocenters. The number of hydrogen-bond donors (Lipinski definition) is 0. The van der Waals surface area contributed by atoms with E-state index in [-0.39, 0.29) is 44.3 Å². The molecule has 2 aliphatic heterocycles. The quantitative estimate of drug-likeness (QED) is 0.228. The van der Waals surface area contributed by atoms with Crippen LogP contribution in [0.5, 0.6) is 0 Å². The summed E-state index contributed by atoms with van der Waals surface area (Å²) in [5.41, 5.74) is 4.11. The van der Waals surface area contributed by atoms with Crippen LogP contribution >= 0.6 is 0 Å². The summed E-state index contributed by atoms with van der Waals surface area (Å²) in [5, 5.41) is 0. The first-order valence-electron chi connectivity index (χ1n) is 17.6. The third kappa shape index (κ3) is 10.2. The van der Waals surface area contributed by atoms with Crippen molar-refractivity contribution < 1.29 is 9.59 Å². The summed E-state index contributed by atoms with van der Waals surface area (Å²) < 4.78 is 0. The van der Waals surface area contributed by atoms with Crippen LogP contribution in [0.3, 0.4) is 0 Å². The summed E-state index contributed by atoms with van der Waals surface area (Å²) in [6.45, 7) is 33.6. The largest absolute Gasteiger partial charge is 0.372 e. The van der Waals surface area contributed by atoms with Gasteiger partial charge in [-0.15, -0.1) is 0 Å². The van der Waals surface area contributed by atoms with E-state index in [1.807, 2.05) is 6.08 Å². The van der Waals surface area contributed by atoms with Gasteiger partial charge in [-0.05, 0) is 98.7 Å². The number of Topliss-reactive ketones (excluding diaryl/α,β-unsaturated/α-hetero) is 1. The molecule has 0 aromatic heterocycles. The minimum Gasteiger partial charge on any atom is -0.372 e. The number of benzene rings is 1. The van der Waals surface area contributed by atoms with Crippen LogP contribution in [0, 0.1) is 21.7 Å². The van der Waals surface area contributed by atoms with Crippen LogP contribution in [-0.4, -0.2) is 45.5 Å². The summed E-state index contributed by atoms with van der Waals surface area (Å²) in [6, 6.07) is 8.31. The van der Waals surface area contributed by atoms with Gasteiger partial charge in [0.1, 0.15) is 0 Å². The molecule has 0 radical (unpaired) electrons. The van der Waals surface area contributed by atoms with E-state index in [0.717, 1.165) is 61.0 Å². The highest BCUT2D eigenvalue weighted by Crippen LogP contribution is 2.42. The molecule has 4 nitrogen and oxygen atoms in total. The molecule has 1 aromatic carbocycles. The van der Waals surface area contributed by atoms with E-state index in [1.165, 1.54) is 0 Å². The molecule has 0 bridgehead atoms. The molecular formula is C42H66N2O2. The molecule has 2 aliphatic rings. The fraction of sp³-hybridized carbons (Fsp3) is 0.667. The average molecular weight is 631 g/mol. The second kappa shape index (κ2) is 13.5. The van der Waals surface area contributed by atoms with Gasteiger partial charge in [-0.2, -0.15) is 0 Å². The van der Waals surface area contributed by atoms with Crippen LogP contribution in [-0.2, 0) is 16.0 Å². The van der Waals surface area contributed by atoms with Crippen molar-refractivity contribution in [3.05, 3.63) is 65.0 Å². The third-order valence-corrected chi connectivity index (χ3v) is 10.1. The monoisotopic (exact) mass is 631 g/mol. The zero-order chi connectivity index (χ0) is 34.9. The Kier molecular flexibility index (Phi) is 11.1. The summed E-state index contributed by atoms with van der Waals surface area (Å²) in [5.74, 6) is 0.331. The number of hydrogen-bond acceptors (Lipinski definition) is 4. The number of allylic oxidation sites excluding steroid dienone is 3.